The molecule has 0 amide bonds. The SMILES string of the molecule is CCc1cccc2c1N(C)CCC2. The fraction of sp³-hybridized carbons (Fsp3) is 0.500. The highest BCUT2D eigenvalue weighted by Gasteiger charge is 2.15. The first-order valence-corrected chi connectivity index (χ1v) is 5.15. The quantitative estimate of drug-likeness (QED) is 0.634. The summed E-state index contributed by atoms with van der Waals surface area (Å²) in [6.07, 6.45) is 3.71. The van der Waals surface area contributed by atoms with Crippen molar-refractivity contribution < 1.29 is 0 Å². The summed E-state index contributed by atoms with van der Waals surface area (Å²) in [5, 5.41) is 0. The van der Waals surface area contributed by atoms with Crippen molar-refractivity contribution in [3.05, 3.63) is 29.3 Å². The summed E-state index contributed by atoms with van der Waals surface area (Å²) in [6.45, 7) is 3.45. The summed E-state index contributed by atoms with van der Waals surface area (Å²) in [4.78, 5) is 2.40. The smallest absolute Gasteiger partial charge is 0.0428 e. The van der Waals surface area contributed by atoms with Crippen LogP contribution in [0, 0.1) is 0 Å². The van der Waals surface area contributed by atoms with Gasteiger partial charge in [-0.3, -0.25) is 0 Å². The molecule has 0 bridgehead atoms. The summed E-state index contributed by atoms with van der Waals surface area (Å²) in [6, 6.07) is 6.71. The molecule has 1 aromatic carbocycles. The van der Waals surface area contributed by atoms with Crippen molar-refractivity contribution in [1.29, 1.82) is 0 Å². The summed E-state index contributed by atoms with van der Waals surface area (Å²) < 4.78 is 0. The largest absolute Gasteiger partial charge is 0.374 e. The molecule has 1 heterocycles. The molecule has 1 aliphatic heterocycles. The van der Waals surface area contributed by atoms with Gasteiger partial charge in [-0.25, -0.2) is 0 Å². The molecule has 1 aliphatic rings. The fourth-order valence-electron chi connectivity index (χ4n) is 2.24. The topological polar surface area (TPSA) is 3.24 Å². The molecule has 1 nitrogen and oxygen atoms in total. The molecule has 0 aliphatic carbocycles. The van der Waals surface area contributed by atoms with Gasteiger partial charge in [0.15, 0.2) is 0 Å². The molecule has 1 heteroatoms. The lowest BCUT2D eigenvalue weighted by molar-refractivity contribution is 0.739. The van der Waals surface area contributed by atoms with Crippen molar-refractivity contribution in [2.45, 2.75) is 26.2 Å². The van der Waals surface area contributed by atoms with Crippen LogP contribution >= 0.6 is 0 Å². The normalized spacial score (nSPS) is 15.7. The van der Waals surface area contributed by atoms with Crippen LogP contribution in [0.1, 0.15) is 24.5 Å². The third-order valence-corrected chi connectivity index (χ3v) is 2.91. The molecule has 13 heavy (non-hydrogen) atoms. The maximum absolute atomic E-state index is 2.40. The number of benzene rings is 1. The van der Waals surface area contributed by atoms with Crippen LogP contribution in [-0.2, 0) is 12.8 Å². The second-order valence-corrected chi connectivity index (χ2v) is 3.80. The zero-order valence-corrected chi connectivity index (χ0v) is 8.51. The highest BCUT2D eigenvalue weighted by molar-refractivity contribution is 5.60. The molecule has 0 fully saturated rings. The van der Waals surface area contributed by atoms with Gasteiger partial charge >= 0.3 is 0 Å². The van der Waals surface area contributed by atoms with Gasteiger partial charge in [0.05, 0.1) is 0 Å². The molecule has 0 aromatic heterocycles. The second kappa shape index (κ2) is 3.41. The molecular formula is C12H17N. The minimum Gasteiger partial charge on any atom is -0.374 e. The van der Waals surface area contributed by atoms with Crippen molar-refractivity contribution in [2.24, 2.45) is 0 Å². The van der Waals surface area contributed by atoms with Crippen LogP contribution in [0.15, 0.2) is 18.2 Å². The van der Waals surface area contributed by atoms with Gasteiger partial charge in [0, 0.05) is 19.3 Å². The zero-order valence-electron chi connectivity index (χ0n) is 8.51. The summed E-state index contributed by atoms with van der Waals surface area (Å²) >= 11 is 0. The van der Waals surface area contributed by atoms with E-state index in [4.69, 9.17) is 0 Å². The van der Waals surface area contributed by atoms with Crippen LogP contribution in [0.2, 0.25) is 0 Å². The molecule has 1 aromatic rings. The lowest BCUT2D eigenvalue weighted by atomic mass is 9.97. The number of hydrogen-bond acceptors (Lipinski definition) is 1. The Morgan fingerprint density at radius 2 is 2.23 bits per heavy atom. The molecule has 0 atom stereocenters. The molecule has 0 spiro atoms. The van der Waals surface area contributed by atoms with Crippen LogP contribution < -0.4 is 4.90 Å². The van der Waals surface area contributed by atoms with Crippen molar-refractivity contribution in [3.8, 4) is 0 Å². The average molecular weight is 175 g/mol. The first-order chi connectivity index (χ1) is 6.33. The van der Waals surface area contributed by atoms with E-state index in [1.165, 1.54) is 36.2 Å². The molecule has 0 saturated carbocycles. The van der Waals surface area contributed by atoms with E-state index in [1.807, 2.05) is 0 Å². The average Bonchev–Trinajstić information content (AvgIpc) is 2.17. The first kappa shape index (κ1) is 8.61. The van der Waals surface area contributed by atoms with E-state index in [0.29, 0.717) is 0 Å². The van der Waals surface area contributed by atoms with Crippen molar-refractivity contribution in [1.82, 2.24) is 0 Å². The molecular weight excluding hydrogens is 158 g/mol. The van der Waals surface area contributed by atoms with Crippen LogP contribution in [0.4, 0.5) is 5.69 Å². The number of fused-ring (bicyclic) bond motifs is 1. The number of para-hydroxylation sites is 1. The summed E-state index contributed by atoms with van der Waals surface area (Å²) in [5.41, 5.74) is 4.53. The number of nitrogens with zero attached hydrogens (tertiary/aromatic N) is 1. The Balaban J connectivity index is 2.50. The Labute approximate surface area is 80.4 Å². The Morgan fingerprint density at radius 3 is 3.00 bits per heavy atom. The molecule has 0 unspecified atom stereocenters. The van der Waals surface area contributed by atoms with Crippen LogP contribution in [-0.4, -0.2) is 13.6 Å². The highest BCUT2D eigenvalue weighted by Crippen LogP contribution is 2.29. The first-order valence-electron chi connectivity index (χ1n) is 5.15. The van der Waals surface area contributed by atoms with Crippen LogP contribution in [0.25, 0.3) is 0 Å². The lowest BCUT2D eigenvalue weighted by Crippen LogP contribution is -2.25. The van der Waals surface area contributed by atoms with Gasteiger partial charge in [-0.15, -0.1) is 0 Å². The minimum absolute atomic E-state index is 1.15. The van der Waals surface area contributed by atoms with E-state index in [2.05, 4.69) is 37.1 Å². The molecule has 2 rings (SSSR count). The van der Waals surface area contributed by atoms with E-state index in [9.17, 15) is 0 Å². The maximum Gasteiger partial charge on any atom is 0.0428 e. The van der Waals surface area contributed by atoms with Crippen molar-refractivity contribution in [3.63, 3.8) is 0 Å². The predicted molar refractivity (Wildman–Crippen MR) is 57.4 cm³/mol. The van der Waals surface area contributed by atoms with Crippen molar-refractivity contribution >= 4 is 5.69 Å². The monoisotopic (exact) mass is 175 g/mol. The summed E-state index contributed by atoms with van der Waals surface area (Å²) in [7, 11) is 2.21. The number of rotatable bonds is 1. The van der Waals surface area contributed by atoms with Gasteiger partial charge in [0.2, 0.25) is 0 Å². The number of hydrogen-bond donors (Lipinski definition) is 0. The number of aryl methyl sites for hydroxylation is 2. The Kier molecular flexibility index (Phi) is 2.26. The van der Waals surface area contributed by atoms with E-state index in [1.54, 1.807) is 0 Å². The van der Waals surface area contributed by atoms with E-state index < -0.39 is 0 Å². The van der Waals surface area contributed by atoms with Gasteiger partial charge in [0.25, 0.3) is 0 Å². The van der Waals surface area contributed by atoms with Crippen LogP contribution in [0.5, 0.6) is 0 Å². The van der Waals surface area contributed by atoms with Gasteiger partial charge in [-0.1, -0.05) is 25.1 Å². The molecule has 0 N–H and O–H groups in total. The van der Waals surface area contributed by atoms with Gasteiger partial charge in [-0.2, -0.15) is 0 Å². The van der Waals surface area contributed by atoms with Crippen LogP contribution in [0.3, 0.4) is 0 Å². The van der Waals surface area contributed by atoms with E-state index >= 15 is 0 Å². The zero-order chi connectivity index (χ0) is 9.26. The number of anilines is 1. The third kappa shape index (κ3) is 1.43. The standard InChI is InChI=1S/C12H17N/c1-3-10-6-4-7-11-8-5-9-13(2)12(10)11/h4,6-7H,3,5,8-9H2,1-2H3. The Morgan fingerprint density at radius 1 is 1.38 bits per heavy atom. The van der Waals surface area contributed by atoms with E-state index in [-0.39, 0.29) is 0 Å². The molecule has 70 valence electrons. The van der Waals surface area contributed by atoms with Crippen molar-refractivity contribution in [2.75, 3.05) is 18.5 Å². The summed E-state index contributed by atoms with van der Waals surface area (Å²) in [5.74, 6) is 0. The fourth-order valence-corrected chi connectivity index (χ4v) is 2.24. The highest BCUT2D eigenvalue weighted by atomic mass is 15.1. The van der Waals surface area contributed by atoms with Gasteiger partial charge < -0.3 is 4.90 Å². The Hall–Kier alpha value is -0.980. The second-order valence-electron chi connectivity index (χ2n) is 3.80. The molecule has 0 radical (unpaired) electrons. The van der Waals surface area contributed by atoms with Gasteiger partial charge in [-0.05, 0) is 30.4 Å². The minimum atomic E-state index is 1.15. The van der Waals surface area contributed by atoms with E-state index in [0.717, 1.165) is 6.42 Å². The molecule has 0 saturated heterocycles. The predicted octanol–water partition coefficient (Wildman–Crippen LogP) is 2.63. The lowest BCUT2D eigenvalue weighted by Gasteiger charge is -2.29. The maximum atomic E-state index is 2.40. The third-order valence-electron chi connectivity index (χ3n) is 2.91. The Bertz CT molecular complexity index is 290. The van der Waals surface area contributed by atoms with Gasteiger partial charge in [0.1, 0.15) is 0 Å².